The summed E-state index contributed by atoms with van der Waals surface area (Å²) < 4.78 is 45.9. The van der Waals surface area contributed by atoms with Gasteiger partial charge in [-0.15, -0.1) is 13.2 Å². The van der Waals surface area contributed by atoms with Gasteiger partial charge in [0.05, 0.1) is 13.2 Å². The van der Waals surface area contributed by atoms with Gasteiger partial charge in [0.2, 0.25) is 0 Å². The Morgan fingerprint density at radius 3 is 2.50 bits per heavy atom. The summed E-state index contributed by atoms with van der Waals surface area (Å²) in [7, 11) is 0. The van der Waals surface area contributed by atoms with E-state index in [0.717, 1.165) is 13.1 Å². The van der Waals surface area contributed by atoms with E-state index < -0.39 is 6.36 Å². The monoisotopic (exact) mass is 261 g/mol. The molecule has 0 radical (unpaired) electrons. The number of hydrogen-bond acceptors (Lipinski definition) is 3. The van der Waals surface area contributed by atoms with Crippen molar-refractivity contribution in [2.75, 3.05) is 26.3 Å². The minimum absolute atomic E-state index is 0.128. The van der Waals surface area contributed by atoms with Crippen LogP contribution in [0.3, 0.4) is 0 Å². The maximum Gasteiger partial charge on any atom is 0.573 e. The lowest BCUT2D eigenvalue weighted by molar-refractivity contribution is -0.275. The second-order valence-electron chi connectivity index (χ2n) is 4.04. The van der Waals surface area contributed by atoms with Gasteiger partial charge in [-0.1, -0.05) is 18.2 Å². The number of morpholine rings is 1. The van der Waals surface area contributed by atoms with Crippen molar-refractivity contribution < 1.29 is 22.6 Å². The van der Waals surface area contributed by atoms with Gasteiger partial charge in [-0.3, -0.25) is 4.90 Å². The average Bonchev–Trinajstić information content (AvgIpc) is 2.31. The van der Waals surface area contributed by atoms with Crippen molar-refractivity contribution in [1.82, 2.24) is 4.90 Å². The van der Waals surface area contributed by atoms with Crippen molar-refractivity contribution in [2.45, 2.75) is 12.9 Å². The van der Waals surface area contributed by atoms with E-state index >= 15 is 0 Å². The highest BCUT2D eigenvalue weighted by molar-refractivity contribution is 5.33. The van der Waals surface area contributed by atoms with Crippen LogP contribution in [0.15, 0.2) is 24.3 Å². The lowest BCUT2D eigenvalue weighted by atomic mass is 10.2. The molecule has 0 bridgehead atoms. The predicted octanol–water partition coefficient (Wildman–Crippen LogP) is 2.42. The van der Waals surface area contributed by atoms with Crippen molar-refractivity contribution in [3.05, 3.63) is 29.8 Å². The second-order valence-corrected chi connectivity index (χ2v) is 4.04. The molecule has 0 unspecified atom stereocenters. The number of ether oxygens (including phenoxy) is 2. The minimum Gasteiger partial charge on any atom is -0.405 e. The van der Waals surface area contributed by atoms with Gasteiger partial charge >= 0.3 is 6.36 Å². The van der Waals surface area contributed by atoms with E-state index in [2.05, 4.69) is 4.74 Å². The molecule has 1 aliphatic rings. The third-order valence-corrected chi connectivity index (χ3v) is 2.70. The van der Waals surface area contributed by atoms with E-state index in [4.69, 9.17) is 4.74 Å². The number of rotatable bonds is 3. The Labute approximate surface area is 103 Å². The number of nitrogens with zero attached hydrogens (tertiary/aromatic N) is 1. The molecule has 6 heteroatoms. The molecular formula is C12H14F3NO2. The van der Waals surface area contributed by atoms with Gasteiger partial charge in [-0.2, -0.15) is 0 Å². The van der Waals surface area contributed by atoms with Gasteiger partial charge in [0.1, 0.15) is 5.75 Å². The number of hydrogen-bond donors (Lipinski definition) is 0. The molecule has 3 nitrogen and oxygen atoms in total. The van der Waals surface area contributed by atoms with Crippen LogP contribution >= 0.6 is 0 Å². The SMILES string of the molecule is FC(F)(F)Oc1ccccc1CN1CCOCC1. The maximum atomic E-state index is 12.2. The van der Waals surface area contributed by atoms with Crippen LogP contribution in [0.1, 0.15) is 5.56 Å². The van der Waals surface area contributed by atoms with Gasteiger partial charge in [0, 0.05) is 25.2 Å². The first-order valence-electron chi connectivity index (χ1n) is 5.68. The topological polar surface area (TPSA) is 21.7 Å². The molecule has 0 saturated carbocycles. The van der Waals surface area contributed by atoms with Crippen LogP contribution < -0.4 is 4.74 Å². The molecule has 18 heavy (non-hydrogen) atoms. The quantitative estimate of drug-likeness (QED) is 0.834. The zero-order valence-electron chi connectivity index (χ0n) is 9.74. The van der Waals surface area contributed by atoms with Crippen molar-refractivity contribution in [2.24, 2.45) is 0 Å². The second kappa shape index (κ2) is 5.58. The lowest BCUT2D eigenvalue weighted by Gasteiger charge is -2.27. The molecule has 0 spiro atoms. The fraction of sp³-hybridized carbons (Fsp3) is 0.500. The molecule has 0 aromatic heterocycles. The Bertz CT molecular complexity index is 389. The molecule has 1 aliphatic heterocycles. The Morgan fingerprint density at radius 1 is 1.17 bits per heavy atom. The Kier molecular flexibility index (Phi) is 4.08. The van der Waals surface area contributed by atoms with Crippen molar-refractivity contribution in [3.63, 3.8) is 0 Å². The van der Waals surface area contributed by atoms with Crippen LogP contribution in [0, 0.1) is 0 Å². The molecule has 1 fully saturated rings. The highest BCUT2D eigenvalue weighted by atomic mass is 19.4. The maximum absolute atomic E-state index is 12.2. The molecule has 1 aromatic rings. The van der Waals surface area contributed by atoms with E-state index in [1.807, 2.05) is 4.90 Å². The minimum atomic E-state index is -4.65. The Morgan fingerprint density at radius 2 is 1.83 bits per heavy atom. The smallest absolute Gasteiger partial charge is 0.405 e. The van der Waals surface area contributed by atoms with E-state index in [9.17, 15) is 13.2 Å². The molecule has 1 saturated heterocycles. The van der Waals surface area contributed by atoms with E-state index in [0.29, 0.717) is 25.3 Å². The first-order valence-corrected chi connectivity index (χ1v) is 5.68. The number of alkyl halides is 3. The van der Waals surface area contributed by atoms with Crippen molar-refractivity contribution >= 4 is 0 Å². The van der Waals surface area contributed by atoms with Crippen LogP contribution in [-0.4, -0.2) is 37.6 Å². The van der Waals surface area contributed by atoms with Crippen LogP contribution in [0.25, 0.3) is 0 Å². The first kappa shape index (κ1) is 13.2. The van der Waals surface area contributed by atoms with Gasteiger partial charge in [-0.25, -0.2) is 0 Å². The predicted molar refractivity (Wildman–Crippen MR) is 59.2 cm³/mol. The zero-order valence-corrected chi connectivity index (χ0v) is 9.74. The van der Waals surface area contributed by atoms with E-state index in [-0.39, 0.29) is 5.75 Å². The van der Waals surface area contributed by atoms with Crippen molar-refractivity contribution in [1.29, 1.82) is 0 Å². The normalized spacial score (nSPS) is 17.7. The molecule has 0 atom stereocenters. The molecule has 0 amide bonds. The van der Waals surface area contributed by atoms with Crippen LogP contribution in [0.4, 0.5) is 13.2 Å². The summed E-state index contributed by atoms with van der Waals surface area (Å²) in [6, 6.07) is 6.22. The summed E-state index contributed by atoms with van der Waals surface area (Å²) in [5, 5.41) is 0. The third kappa shape index (κ3) is 3.89. The lowest BCUT2D eigenvalue weighted by Crippen LogP contribution is -2.35. The first-order chi connectivity index (χ1) is 8.54. The van der Waals surface area contributed by atoms with Gasteiger partial charge < -0.3 is 9.47 Å². The van der Waals surface area contributed by atoms with Crippen LogP contribution in [0.2, 0.25) is 0 Å². The summed E-state index contributed by atoms with van der Waals surface area (Å²) in [5.74, 6) is -0.128. The molecule has 2 rings (SSSR count). The molecule has 0 aliphatic carbocycles. The highest BCUT2D eigenvalue weighted by Gasteiger charge is 2.32. The summed E-state index contributed by atoms with van der Waals surface area (Å²) in [4.78, 5) is 2.04. The molecule has 100 valence electrons. The van der Waals surface area contributed by atoms with Crippen molar-refractivity contribution in [3.8, 4) is 5.75 Å². The van der Waals surface area contributed by atoms with Gasteiger partial charge in [0.15, 0.2) is 0 Å². The Hall–Kier alpha value is -1.27. The molecule has 1 heterocycles. The van der Waals surface area contributed by atoms with Crippen LogP contribution in [0.5, 0.6) is 5.75 Å². The summed E-state index contributed by atoms with van der Waals surface area (Å²) in [5.41, 5.74) is 0.539. The standard InChI is InChI=1S/C12H14F3NO2/c13-12(14,15)18-11-4-2-1-3-10(11)9-16-5-7-17-8-6-16/h1-4H,5-9H2. The average molecular weight is 261 g/mol. The number of benzene rings is 1. The number of halogens is 3. The van der Waals surface area contributed by atoms with Gasteiger partial charge in [0.25, 0.3) is 0 Å². The summed E-state index contributed by atoms with van der Waals surface area (Å²) in [6.07, 6.45) is -4.65. The molecule has 0 N–H and O–H groups in total. The van der Waals surface area contributed by atoms with E-state index in [1.54, 1.807) is 12.1 Å². The molecular weight excluding hydrogens is 247 g/mol. The Balaban J connectivity index is 2.06. The highest BCUT2D eigenvalue weighted by Crippen LogP contribution is 2.27. The molecule has 1 aromatic carbocycles. The zero-order chi connectivity index (χ0) is 13.0. The fourth-order valence-corrected chi connectivity index (χ4v) is 1.86. The largest absolute Gasteiger partial charge is 0.573 e. The van der Waals surface area contributed by atoms with Crippen LogP contribution in [-0.2, 0) is 11.3 Å². The summed E-state index contributed by atoms with van der Waals surface area (Å²) in [6.45, 7) is 3.11. The van der Waals surface area contributed by atoms with Gasteiger partial charge in [-0.05, 0) is 6.07 Å². The summed E-state index contributed by atoms with van der Waals surface area (Å²) >= 11 is 0. The fourth-order valence-electron chi connectivity index (χ4n) is 1.86. The third-order valence-electron chi connectivity index (χ3n) is 2.70. The van der Waals surface area contributed by atoms with E-state index in [1.165, 1.54) is 12.1 Å². The number of para-hydroxylation sites is 1.